The lowest BCUT2D eigenvalue weighted by atomic mass is 9.74. The van der Waals surface area contributed by atoms with Gasteiger partial charge in [-0.3, -0.25) is 0 Å². The van der Waals surface area contributed by atoms with Crippen LogP contribution in [-0.2, 0) is 19.7 Å². The highest BCUT2D eigenvalue weighted by atomic mass is 16.6. The number of esters is 1. The predicted octanol–water partition coefficient (Wildman–Crippen LogP) is 5.16. The van der Waals surface area contributed by atoms with E-state index in [0.29, 0.717) is 6.42 Å². The van der Waals surface area contributed by atoms with Gasteiger partial charge in [-0.25, -0.2) is 9.59 Å². The van der Waals surface area contributed by atoms with Gasteiger partial charge in [-0.15, -0.1) is 0 Å². The number of hydrogen-bond acceptors (Lipinski definition) is 4. The predicted molar refractivity (Wildman–Crippen MR) is 117 cm³/mol. The van der Waals surface area contributed by atoms with Gasteiger partial charge in [0.25, 0.3) is 0 Å². The molecule has 0 aliphatic heterocycles. The summed E-state index contributed by atoms with van der Waals surface area (Å²) in [4.78, 5) is 25.0. The van der Waals surface area contributed by atoms with E-state index >= 15 is 0 Å². The Kier molecular flexibility index (Phi) is 6.39. The number of amides is 1. The first-order chi connectivity index (χ1) is 14.2. The molecule has 0 heterocycles. The third-order valence-electron chi connectivity index (χ3n) is 5.82. The SMILES string of the molecule is CCC[C@H](NC(=O)OCC1C2=CC=CCC2(C)c2ccccc21)C(=O)OC(C)(C)C. The molecule has 0 saturated heterocycles. The minimum Gasteiger partial charge on any atom is -0.458 e. The molecule has 0 aromatic heterocycles. The van der Waals surface area contributed by atoms with Gasteiger partial charge in [0.15, 0.2) is 0 Å². The average molecular weight is 412 g/mol. The van der Waals surface area contributed by atoms with E-state index in [1.807, 2.05) is 33.8 Å². The Hall–Kier alpha value is -2.56. The molecule has 0 fully saturated rings. The van der Waals surface area contributed by atoms with Crippen LogP contribution >= 0.6 is 0 Å². The fraction of sp³-hybridized carbons (Fsp3) is 0.520. The van der Waals surface area contributed by atoms with Crippen LogP contribution in [0.1, 0.15) is 70.9 Å². The first-order valence-corrected chi connectivity index (χ1v) is 10.8. The van der Waals surface area contributed by atoms with E-state index in [4.69, 9.17) is 9.47 Å². The van der Waals surface area contributed by atoms with Crippen molar-refractivity contribution in [1.29, 1.82) is 0 Å². The van der Waals surface area contributed by atoms with E-state index in [0.717, 1.165) is 12.8 Å². The van der Waals surface area contributed by atoms with Crippen molar-refractivity contribution in [2.45, 2.75) is 76.9 Å². The maximum absolute atomic E-state index is 12.5. The second kappa shape index (κ2) is 8.66. The summed E-state index contributed by atoms with van der Waals surface area (Å²) in [6.07, 6.45) is 8.02. The smallest absolute Gasteiger partial charge is 0.407 e. The van der Waals surface area contributed by atoms with E-state index in [2.05, 4.69) is 48.7 Å². The molecule has 1 amide bonds. The van der Waals surface area contributed by atoms with Crippen LogP contribution in [0.2, 0.25) is 0 Å². The number of nitrogens with one attached hydrogen (secondary N) is 1. The highest BCUT2D eigenvalue weighted by Crippen LogP contribution is 2.53. The Morgan fingerprint density at radius 1 is 1.27 bits per heavy atom. The van der Waals surface area contributed by atoms with Crippen LogP contribution in [0.5, 0.6) is 0 Å². The highest BCUT2D eigenvalue weighted by molar-refractivity contribution is 5.81. The number of allylic oxidation sites excluding steroid dienone is 3. The Bertz CT molecular complexity index is 864. The minimum absolute atomic E-state index is 0.0213. The van der Waals surface area contributed by atoms with Gasteiger partial charge in [-0.05, 0) is 50.3 Å². The first-order valence-electron chi connectivity index (χ1n) is 10.8. The monoisotopic (exact) mass is 411 g/mol. The summed E-state index contributed by atoms with van der Waals surface area (Å²) in [6, 6.07) is 7.67. The topological polar surface area (TPSA) is 64.6 Å². The molecule has 2 aliphatic carbocycles. The van der Waals surface area contributed by atoms with Gasteiger partial charge in [0.05, 0.1) is 0 Å². The van der Waals surface area contributed by atoms with Crippen LogP contribution in [-0.4, -0.2) is 30.3 Å². The fourth-order valence-corrected chi connectivity index (χ4v) is 4.45. The largest absolute Gasteiger partial charge is 0.458 e. The molecule has 5 nitrogen and oxygen atoms in total. The molecular weight excluding hydrogens is 378 g/mol. The van der Waals surface area contributed by atoms with Crippen molar-refractivity contribution < 1.29 is 19.1 Å². The van der Waals surface area contributed by atoms with Crippen LogP contribution in [0.15, 0.2) is 48.1 Å². The summed E-state index contributed by atoms with van der Waals surface area (Å²) >= 11 is 0. The third-order valence-corrected chi connectivity index (χ3v) is 5.82. The van der Waals surface area contributed by atoms with Crippen molar-refractivity contribution >= 4 is 12.1 Å². The molecule has 162 valence electrons. The number of alkyl carbamates (subject to hydrolysis) is 1. The number of carbonyl (C=O) groups is 2. The zero-order valence-electron chi connectivity index (χ0n) is 18.7. The number of carbonyl (C=O) groups excluding carboxylic acids is 2. The van der Waals surface area contributed by atoms with E-state index in [1.54, 1.807) is 0 Å². The Balaban J connectivity index is 1.68. The summed E-state index contributed by atoms with van der Waals surface area (Å²) in [5.74, 6) is -0.409. The van der Waals surface area contributed by atoms with Gasteiger partial charge in [-0.1, -0.05) is 62.8 Å². The van der Waals surface area contributed by atoms with Gasteiger partial charge in [0, 0.05) is 11.3 Å². The molecular formula is C25H33NO4. The zero-order chi connectivity index (χ0) is 21.9. The van der Waals surface area contributed by atoms with E-state index in [-0.39, 0.29) is 17.9 Å². The fourth-order valence-electron chi connectivity index (χ4n) is 4.45. The number of rotatable bonds is 6. The quantitative estimate of drug-likeness (QED) is 0.656. The molecule has 2 unspecified atom stereocenters. The van der Waals surface area contributed by atoms with E-state index in [1.165, 1.54) is 16.7 Å². The van der Waals surface area contributed by atoms with Gasteiger partial charge in [0.1, 0.15) is 18.2 Å². The van der Waals surface area contributed by atoms with Gasteiger partial charge in [0.2, 0.25) is 0 Å². The van der Waals surface area contributed by atoms with E-state index in [9.17, 15) is 9.59 Å². The van der Waals surface area contributed by atoms with Crippen LogP contribution in [0.25, 0.3) is 0 Å². The molecule has 3 rings (SSSR count). The second-order valence-electron chi connectivity index (χ2n) is 9.34. The summed E-state index contributed by atoms with van der Waals surface area (Å²) in [7, 11) is 0. The minimum atomic E-state index is -0.709. The molecule has 1 aromatic carbocycles. The number of benzene rings is 1. The Labute approximate surface area is 179 Å². The Morgan fingerprint density at radius 3 is 2.70 bits per heavy atom. The summed E-state index contributed by atoms with van der Waals surface area (Å²) < 4.78 is 11.0. The summed E-state index contributed by atoms with van der Waals surface area (Å²) in [5, 5.41) is 2.70. The molecule has 30 heavy (non-hydrogen) atoms. The molecule has 0 saturated carbocycles. The van der Waals surface area contributed by atoms with Crippen molar-refractivity contribution in [3.05, 3.63) is 59.2 Å². The standard InChI is InChI=1S/C25H33NO4/c1-6-11-21(22(27)30-24(2,3)4)26-23(28)29-16-18-17-12-7-8-13-19(17)25(5)15-10-9-14-20(18)25/h7-10,12-14,18,21H,6,11,15-16H2,1-5H3,(H,26,28)/t18?,21-,25?/m0/s1. The normalized spacial score (nSPS) is 23.1. The summed E-state index contributed by atoms with van der Waals surface area (Å²) in [5.41, 5.74) is 3.12. The lowest BCUT2D eigenvalue weighted by Crippen LogP contribution is -2.44. The van der Waals surface area contributed by atoms with Crippen LogP contribution < -0.4 is 5.32 Å². The van der Waals surface area contributed by atoms with Crippen molar-refractivity contribution in [1.82, 2.24) is 5.32 Å². The molecule has 2 aliphatic rings. The highest BCUT2D eigenvalue weighted by Gasteiger charge is 2.44. The van der Waals surface area contributed by atoms with Gasteiger partial charge >= 0.3 is 12.1 Å². The lowest BCUT2D eigenvalue weighted by Gasteiger charge is -2.30. The average Bonchev–Trinajstić information content (AvgIpc) is 2.93. The maximum Gasteiger partial charge on any atom is 0.407 e. The molecule has 1 aromatic rings. The van der Waals surface area contributed by atoms with Gasteiger partial charge in [-0.2, -0.15) is 0 Å². The third kappa shape index (κ3) is 4.61. The molecule has 3 atom stereocenters. The Morgan fingerprint density at radius 2 is 2.00 bits per heavy atom. The van der Waals surface area contributed by atoms with Crippen LogP contribution in [0.4, 0.5) is 4.79 Å². The molecule has 1 N–H and O–H groups in total. The number of ether oxygens (including phenoxy) is 2. The first kappa shape index (κ1) is 22.1. The van der Waals surface area contributed by atoms with Crippen molar-refractivity contribution in [2.75, 3.05) is 6.61 Å². The van der Waals surface area contributed by atoms with Crippen molar-refractivity contribution in [3.63, 3.8) is 0 Å². The number of fused-ring (bicyclic) bond motifs is 3. The maximum atomic E-state index is 12.5. The molecule has 5 heteroatoms. The van der Waals surface area contributed by atoms with Crippen molar-refractivity contribution in [2.24, 2.45) is 0 Å². The molecule has 0 spiro atoms. The van der Waals surface area contributed by atoms with Crippen LogP contribution in [0.3, 0.4) is 0 Å². The lowest BCUT2D eigenvalue weighted by molar-refractivity contribution is -0.157. The van der Waals surface area contributed by atoms with Gasteiger partial charge < -0.3 is 14.8 Å². The summed E-state index contributed by atoms with van der Waals surface area (Å²) in [6.45, 7) is 9.89. The zero-order valence-corrected chi connectivity index (χ0v) is 18.7. The molecule has 0 radical (unpaired) electrons. The number of hydrogen-bond donors (Lipinski definition) is 1. The van der Waals surface area contributed by atoms with Crippen LogP contribution in [0, 0.1) is 0 Å². The van der Waals surface area contributed by atoms with Crippen molar-refractivity contribution in [3.8, 4) is 0 Å². The molecule has 0 bridgehead atoms. The second-order valence-corrected chi connectivity index (χ2v) is 9.34. The van der Waals surface area contributed by atoms with E-state index < -0.39 is 23.7 Å².